The second-order valence-corrected chi connectivity index (χ2v) is 9.80. The van der Waals surface area contributed by atoms with Crippen molar-refractivity contribution in [3.63, 3.8) is 0 Å². The van der Waals surface area contributed by atoms with Gasteiger partial charge in [-0.15, -0.1) is 0 Å². The summed E-state index contributed by atoms with van der Waals surface area (Å²) < 4.78 is 0. The Kier molecular flexibility index (Phi) is 6.38. The third-order valence-corrected chi connectivity index (χ3v) is 6.87. The first-order valence-corrected chi connectivity index (χ1v) is 11.6. The second-order valence-electron chi connectivity index (χ2n) is 9.36. The van der Waals surface area contributed by atoms with Crippen molar-refractivity contribution in [1.29, 1.82) is 0 Å². The first-order chi connectivity index (χ1) is 15.3. The number of nitrogens with one attached hydrogen (secondary N) is 2. The topological polar surface area (TPSA) is 95.2 Å². The van der Waals surface area contributed by atoms with Crippen LogP contribution in [0.3, 0.4) is 0 Å². The molecule has 2 N–H and O–H groups in total. The molecule has 2 fully saturated rings. The van der Waals surface area contributed by atoms with Gasteiger partial charge in [-0.25, -0.2) is 4.98 Å². The van der Waals surface area contributed by atoms with Gasteiger partial charge in [0, 0.05) is 29.7 Å². The summed E-state index contributed by atoms with van der Waals surface area (Å²) in [5.41, 5.74) is 0.898. The van der Waals surface area contributed by atoms with Gasteiger partial charge in [-0.2, -0.15) is 0 Å². The summed E-state index contributed by atoms with van der Waals surface area (Å²) in [6, 6.07) is 7.37. The third-order valence-electron chi connectivity index (χ3n) is 6.63. The highest BCUT2D eigenvalue weighted by Gasteiger charge is 2.48. The Bertz CT molecular complexity index is 1020. The number of imidazole rings is 1. The zero-order valence-corrected chi connectivity index (χ0v) is 19.2. The zero-order chi connectivity index (χ0) is 22.9. The van der Waals surface area contributed by atoms with Gasteiger partial charge < -0.3 is 15.2 Å². The number of ketones is 1. The molecule has 2 heterocycles. The fraction of sp³-hybridized carbons (Fsp3) is 0.500. The fourth-order valence-corrected chi connectivity index (χ4v) is 5.08. The fourth-order valence-electron chi connectivity index (χ4n) is 4.89. The van der Waals surface area contributed by atoms with E-state index in [0.29, 0.717) is 18.0 Å². The molecule has 170 valence electrons. The summed E-state index contributed by atoms with van der Waals surface area (Å²) in [5, 5.41) is 3.65. The molecular formula is C24H29ClN4O3. The van der Waals surface area contributed by atoms with Gasteiger partial charge in [0.2, 0.25) is 5.91 Å². The summed E-state index contributed by atoms with van der Waals surface area (Å²) in [6.07, 6.45) is 5.47. The second kappa shape index (κ2) is 9.06. The van der Waals surface area contributed by atoms with E-state index in [4.69, 9.17) is 11.6 Å². The van der Waals surface area contributed by atoms with Crippen LogP contribution in [-0.2, 0) is 4.79 Å². The maximum atomic E-state index is 13.3. The number of anilines is 1. The number of aromatic nitrogens is 2. The SMILES string of the molecule is CC(C)CC(=O)c1nc[nH]c1C(=O)NC1CCC2(CC1)CCN(c1cccc(Cl)c1)C2=O. The van der Waals surface area contributed by atoms with Crippen LogP contribution in [0.5, 0.6) is 0 Å². The van der Waals surface area contributed by atoms with Gasteiger partial charge in [-0.3, -0.25) is 14.4 Å². The maximum absolute atomic E-state index is 13.3. The smallest absolute Gasteiger partial charge is 0.270 e. The molecule has 1 saturated heterocycles. The largest absolute Gasteiger partial charge is 0.348 e. The highest BCUT2D eigenvalue weighted by atomic mass is 35.5. The summed E-state index contributed by atoms with van der Waals surface area (Å²) in [7, 11) is 0. The first kappa shape index (κ1) is 22.5. The summed E-state index contributed by atoms with van der Waals surface area (Å²) >= 11 is 6.11. The van der Waals surface area contributed by atoms with Crippen LogP contribution in [0.1, 0.15) is 73.3 Å². The minimum Gasteiger partial charge on any atom is -0.348 e. The van der Waals surface area contributed by atoms with Crippen molar-refractivity contribution in [2.24, 2.45) is 11.3 Å². The van der Waals surface area contributed by atoms with Crippen LogP contribution in [0, 0.1) is 11.3 Å². The maximum Gasteiger partial charge on any atom is 0.270 e. The van der Waals surface area contributed by atoms with Crippen molar-refractivity contribution >= 4 is 34.9 Å². The molecule has 2 amide bonds. The highest BCUT2D eigenvalue weighted by molar-refractivity contribution is 6.31. The van der Waals surface area contributed by atoms with Gasteiger partial charge in [0.25, 0.3) is 5.91 Å². The predicted octanol–water partition coefficient (Wildman–Crippen LogP) is 4.39. The van der Waals surface area contributed by atoms with Crippen LogP contribution in [0.25, 0.3) is 0 Å². The van der Waals surface area contributed by atoms with E-state index in [0.717, 1.165) is 37.8 Å². The number of Topliss-reactive ketones (excluding diaryl/α,β-unsaturated/α-hetero) is 1. The number of H-pyrrole nitrogens is 1. The minimum atomic E-state index is -0.365. The molecule has 8 heteroatoms. The Morgan fingerprint density at radius 3 is 2.72 bits per heavy atom. The molecule has 1 saturated carbocycles. The molecule has 1 aliphatic heterocycles. The van der Waals surface area contributed by atoms with E-state index < -0.39 is 0 Å². The average molecular weight is 457 g/mol. The van der Waals surface area contributed by atoms with E-state index in [1.807, 2.05) is 36.9 Å². The number of nitrogens with zero attached hydrogens (tertiary/aromatic N) is 2. The predicted molar refractivity (Wildman–Crippen MR) is 123 cm³/mol. The molecule has 0 unspecified atom stereocenters. The molecular weight excluding hydrogens is 428 g/mol. The van der Waals surface area contributed by atoms with E-state index in [9.17, 15) is 14.4 Å². The van der Waals surface area contributed by atoms with E-state index >= 15 is 0 Å². The van der Waals surface area contributed by atoms with Gasteiger partial charge in [0.05, 0.1) is 11.7 Å². The number of amides is 2. The Balaban J connectivity index is 1.37. The molecule has 2 aliphatic rings. The summed E-state index contributed by atoms with van der Waals surface area (Å²) in [6.45, 7) is 4.60. The Morgan fingerprint density at radius 2 is 2.03 bits per heavy atom. The van der Waals surface area contributed by atoms with Crippen molar-refractivity contribution in [3.05, 3.63) is 47.0 Å². The number of hydrogen-bond donors (Lipinski definition) is 2. The van der Waals surface area contributed by atoms with Crippen LogP contribution < -0.4 is 10.2 Å². The number of carbonyl (C=O) groups is 3. The Morgan fingerprint density at radius 1 is 1.28 bits per heavy atom. The number of carbonyl (C=O) groups excluding carboxylic acids is 3. The molecule has 0 atom stereocenters. The van der Waals surface area contributed by atoms with Crippen LogP contribution >= 0.6 is 11.6 Å². The lowest BCUT2D eigenvalue weighted by molar-refractivity contribution is -0.127. The van der Waals surface area contributed by atoms with Gasteiger partial charge >= 0.3 is 0 Å². The highest BCUT2D eigenvalue weighted by Crippen LogP contribution is 2.46. The molecule has 1 aromatic carbocycles. The molecule has 4 rings (SSSR count). The average Bonchev–Trinajstić information content (AvgIpc) is 3.36. The molecule has 1 aromatic heterocycles. The van der Waals surface area contributed by atoms with Gasteiger partial charge in [-0.1, -0.05) is 31.5 Å². The lowest BCUT2D eigenvalue weighted by Crippen LogP contribution is -2.44. The standard InChI is InChI=1S/C24H29ClN4O3/c1-15(2)12-19(30)20-21(27-14-26-20)22(31)28-17-6-8-24(9-7-17)10-11-29(23(24)32)18-5-3-4-16(25)13-18/h3-5,13-15,17H,6-12H2,1-2H3,(H,26,27)(H,28,31). The molecule has 32 heavy (non-hydrogen) atoms. The van der Waals surface area contributed by atoms with Gasteiger partial charge in [0.1, 0.15) is 11.4 Å². The normalized spacial score (nSPS) is 23.2. The molecule has 2 aromatic rings. The Labute approximate surface area is 192 Å². The number of rotatable bonds is 6. The van der Waals surface area contributed by atoms with E-state index in [-0.39, 0.29) is 46.4 Å². The van der Waals surface area contributed by atoms with Crippen LogP contribution in [0.2, 0.25) is 5.02 Å². The monoisotopic (exact) mass is 456 g/mol. The van der Waals surface area contributed by atoms with Crippen molar-refractivity contribution < 1.29 is 14.4 Å². The van der Waals surface area contributed by atoms with E-state index in [1.54, 1.807) is 6.07 Å². The van der Waals surface area contributed by atoms with E-state index in [1.165, 1.54) is 6.33 Å². The van der Waals surface area contributed by atoms with E-state index in [2.05, 4.69) is 15.3 Å². The van der Waals surface area contributed by atoms with Gasteiger partial charge in [-0.05, 0) is 56.2 Å². The quantitative estimate of drug-likeness (QED) is 0.630. The lowest BCUT2D eigenvalue weighted by atomic mass is 9.71. The van der Waals surface area contributed by atoms with Crippen LogP contribution in [-0.4, -0.2) is 40.2 Å². The molecule has 1 aliphatic carbocycles. The molecule has 7 nitrogen and oxygen atoms in total. The zero-order valence-electron chi connectivity index (χ0n) is 18.5. The van der Waals surface area contributed by atoms with Crippen molar-refractivity contribution in [1.82, 2.24) is 15.3 Å². The number of benzene rings is 1. The number of hydrogen-bond acceptors (Lipinski definition) is 4. The summed E-state index contributed by atoms with van der Waals surface area (Å²) in [5.74, 6) is -0.0970. The van der Waals surface area contributed by atoms with Crippen molar-refractivity contribution in [2.75, 3.05) is 11.4 Å². The third kappa shape index (κ3) is 4.44. The first-order valence-electron chi connectivity index (χ1n) is 11.2. The van der Waals surface area contributed by atoms with Gasteiger partial charge in [0.15, 0.2) is 5.78 Å². The Hall–Kier alpha value is -2.67. The molecule has 0 radical (unpaired) electrons. The minimum absolute atomic E-state index is 0.0301. The molecule has 0 bridgehead atoms. The van der Waals surface area contributed by atoms with Crippen molar-refractivity contribution in [2.45, 2.75) is 58.4 Å². The lowest BCUT2D eigenvalue weighted by Gasteiger charge is -2.36. The number of aromatic amines is 1. The van der Waals surface area contributed by atoms with Crippen LogP contribution in [0.4, 0.5) is 5.69 Å². The summed E-state index contributed by atoms with van der Waals surface area (Å²) in [4.78, 5) is 47.2. The van der Waals surface area contributed by atoms with Crippen LogP contribution in [0.15, 0.2) is 30.6 Å². The molecule has 1 spiro atoms. The van der Waals surface area contributed by atoms with Crippen molar-refractivity contribution in [3.8, 4) is 0 Å². The number of halogens is 1.